The maximum atomic E-state index is 11.3. The van der Waals surface area contributed by atoms with E-state index in [0.717, 1.165) is 12.8 Å². The van der Waals surface area contributed by atoms with E-state index in [1.165, 1.54) is 25.7 Å². The molecule has 0 bridgehead atoms. The van der Waals surface area contributed by atoms with E-state index < -0.39 is 12.0 Å². The highest BCUT2D eigenvalue weighted by atomic mass is 16.5. The predicted molar refractivity (Wildman–Crippen MR) is 65.2 cm³/mol. The van der Waals surface area contributed by atoms with E-state index >= 15 is 0 Å². The van der Waals surface area contributed by atoms with Crippen LogP contribution in [0.4, 0.5) is 0 Å². The first-order chi connectivity index (χ1) is 7.59. The number of rotatable bonds is 9. The number of unbranched alkanes of at least 4 members (excludes halogenated alkanes) is 5. The molecule has 0 amide bonds. The van der Waals surface area contributed by atoms with Crippen molar-refractivity contribution in [3.63, 3.8) is 0 Å². The molecule has 96 valence electrons. The monoisotopic (exact) mass is 230 g/mol. The van der Waals surface area contributed by atoms with Crippen LogP contribution >= 0.6 is 0 Å². The fourth-order valence-corrected chi connectivity index (χ4v) is 1.38. The Bertz CT molecular complexity index is 178. The van der Waals surface area contributed by atoms with Gasteiger partial charge in [-0.2, -0.15) is 0 Å². The third-order valence-electron chi connectivity index (χ3n) is 2.84. The summed E-state index contributed by atoms with van der Waals surface area (Å²) in [6.45, 7) is 5.98. The van der Waals surface area contributed by atoms with Crippen molar-refractivity contribution in [2.45, 2.75) is 65.4 Å². The molecule has 0 aliphatic carbocycles. The first-order valence-electron chi connectivity index (χ1n) is 6.44. The maximum absolute atomic E-state index is 11.3. The van der Waals surface area contributed by atoms with Gasteiger partial charge < -0.3 is 9.84 Å². The molecule has 0 saturated carbocycles. The van der Waals surface area contributed by atoms with Crippen molar-refractivity contribution in [2.75, 3.05) is 6.61 Å². The lowest BCUT2D eigenvalue weighted by Crippen LogP contribution is -2.25. The molecule has 0 aliphatic heterocycles. The van der Waals surface area contributed by atoms with Gasteiger partial charge in [-0.15, -0.1) is 0 Å². The zero-order valence-corrected chi connectivity index (χ0v) is 10.9. The quantitative estimate of drug-likeness (QED) is 0.489. The van der Waals surface area contributed by atoms with Crippen LogP contribution in [0.25, 0.3) is 0 Å². The number of hydrogen-bond acceptors (Lipinski definition) is 3. The molecule has 16 heavy (non-hydrogen) atoms. The smallest absolute Gasteiger partial charge is 0.311 e. The number of carbonyl (C=O) groups is 1. The predicted octanol–water partition coefficient (Wildman–Crippen LogP) is 2.91. The highest BCUT2D eigenvalue weighted by Gasteiger charge is 2.19. The third kappa shape index (κ3) is 7.69. The lowest BCUT2D eigenvalue weighted by Gasteiger charge is -2.13. The Hall–Kier alpha value is -0.570. The van der Waals surface area contributed by atoms with Crippen molar-refractivity contribution in [3.8, 4) is 0 Å². The van der Waals surface area contributed by atoms with Crippen molar-refractivity contribution in [3.05, 3.63) is 0 Å². The maximum Gasteiger partial charge on any atom is 0.311 e. The molecule has 0 aromatic rings. The molecule has 0 aromatic carbocycles. The molecule has 3 heteroatoms. The number of hydrogen-bond donors (Lipinski definition) is 1. The standard InChI is InChI=1S/C13H26O3/c1-4-5-6-7-8-9-10-16-13(15)11(2)12(3)14/h11-12,14H,4-10H2,1-3H3/t11-,12-/m0/s1. The molecule has 0 spiro atoms. The van der Waals surface area contributed by atoms with Gasteiger partial charge in [0.2, 0.25) is 0 Å². The largest absolute Gasteiger partial charge is 0.465 e. The van der Waals surface area contributed by atoms with Gasteiger partial charge in [-0.25, -0.2) is 0 Å². The zero-order chi connectivity index (χ0) is 12.4. The number of aliphatic hydroxyl groups excluding tert-OH is 1. The third-order valence-corrected chi connectivity index (χ3v) is 2.84. The Balaban J connectivity index is 3.34. The van der Waals surface area contributed by atoms with Crippen molar-refractivity contribution in [1.82, 2.24) is 0 Å². The zero-order valence-electron chi connectivity index (χ0n) is 10.9. The Kier molecular flexibility index (Phi) is 9.30. The lowest BCUT2D eigenvalue weighted by molar-refractivity contribution is -0.151. The fourth-order valence-electron chi connectivity index (χ4n) is 1.38. The van der Waals surface area contributed by atoms with E-state index in [4.69, 9.17) is 4.74 Å². The molecule has 3 nitrogen and oxygen atoms in total. The molecular weight excluding hydrogens is 204 g/mol. The van der Waals surface area contributed by atoms with Crippen LogP contribution in [-0.4, -0.2) is 23.8 Å². The molecule has 0 aliphatic rings. The average molecular weight is 230 g/mol. The van der Waals surface area contributed by atoms with E-state index in [1.807, 2.05) is 0 Å². The Morgan fingerprint density at radius 1 is 1.12 bits per heavy atom. The molecule has 0 fully saturated rings. The van der Waals surface area contributed by atoms with Gasteiger partial charge in [0, 0.05) is 0 Å². The second kappa shape index (κ2) is 9.64. The minimum atomic E-state index is -0.628. The van der Waals surface area contributed by atoms with Crippen molar-refractivity contribution in [2.24, 2.45) is 5.92 Å². The van der Waals surface area contributed by atoms with E-state index in [2.05, 4.69) is 6.92 Å². The molecule has 0 aromatic heterocycles. The first kappa shape index (κ1) is 15.4. The van der Waals surface area contributed by atoms with E-state index in [1.54, 1.807) is 13.8 Å². The minimum absolute atomic E-state index is 0.288. The van der Waals surface area contributed by atoms with Crippen LogP contribution in [0, 0.1) is 5.92 Å². The summed E-state index contributed by atoms with van der Waals surface area (Å²) in [4.78, 5) is 11.3. The van der Waals surface area contributed by atoms with Gasteiger partial charge in [-0.3, -0.25) is 4.79 Å². The van der Waals surface area contributed by atoms with Crippen LogP contribution in [0.5, 0.6) is 0 Å². The van der Waals surface area contributed by atoms with Crippen molar-refractivity contribution >= 4 is 5.97 Å². The van der Waals surface area contributed by atoms with Crippen molar-refractivity contribution < 1.29 is 14.6 Å². The summed E-state index contributed by atoms with van der Waals surface area (Å²) in [5, 5.41) is 9.19. The summed E-state index contributed by atoms with van der Waals surface area (Å²) >= 11 is 0. The summed E-state index contributed by atoms with van der Waals surface area (Å²) in [7, 11) is 0. The van der Waals surface area contributed by atoms with Gasteiger partial charge in [0.05, 0.1) is 18.6 Å². The second-order valence-corrected chi connectivity index (χ2v) is 4.46. The Morgan fingerprint density at radius 3 is 2.25 bits per heavy atom. The van der Waals surface area contributed by atoms with E-state index in [0.29, 0.717) is 6.61 Å². The molecular formula is C13H26O3. The molecule has 0 saturated heterocycles. The normalized spacial score (nSPS) is 14.5. The molecule has 0 unspecified atom stereocenters. The summed E-state index contributed by atoms with van der Waals surface area (Å²) in [5.74, 6) is -0.705. The SMILES string of the molecule is CCCCCCCCOC(=O)[C@@H](C)[C@H](C)O. The van der Waals surface area contributed by atoms with Gasteiger partial charge in [0.1, 0.15) is 0 Å². The van der Waals surface area contributed by atoms with E-state index in [-0.39, 0.29) is 5.97 Å². The second-order valence-electron chi connectivity index (χ2n) is 4.46. The highest BCUT2D eigenvalue weighted by molar-refractivity contribution is 5.72. The molecule has 0 rings (SSSR count). The molecule has 1 N–H and O–H groups in total. The Labute approximate surface area is 99.2 Å². The first-order valence-corrected chi connectivity index (χ1v) is 6.44. The van der Waals surface area contributed by atoms with Crippen LogP contribution in [0.1, 0.15) is 59.3 Å². The minimum Gasteiger partial charge on any atom is -0.465 e. The van der Waals surface area contributed by atoms with Crippen LogP contribution in [0.15, 0.2) is 0 Å². The van der Waals surface area contributed by atoms with Crippen LogP contribution < -0.4 is 0 Å². The van der Waals surface area contributed by atoms with Gasteiger partial charge in [-0.05, 0) is 20.3 Å². The number of esters is 1. The van der Waals surface area contributed by atoms with Crippen LogP contribution in [-0.2, 0) is 9.53 Å². The molecule has 2 atom stereocenters. The topological polar surface area (TPSA) is 46.5 Å². The summed E-state index contributed by atoms with van der Waals surface area (Å²) in [6.07, 6.45) is 6.46. The van der Waals surface area contributed by atoms with Crippen molar-refractivity contribution in [1.29, 1.82) is 0 Å². The summed E-state index contributed by atoms with van der Waals surface area (Å²) in [6, 6.07) is 0. The average Bonchev–Trinajstić information content (AvgIpc) is 2.26. The van der Waals surface area contributed by atoms with Crippen LogP contribution in [0.2, 0.25) is 0 Å². The van der Waals surface area contributed by atoms with E-state index in [9.17, 15) is 9.90 Å². The molecule has 0 heterocycles. The number of carbonyl (C=O) groups excluding carboxylic acids is 1. The fraction of sp³-hybridized carbons (Fsp3) is 0.923. The highest BCUT2D eigenvalue weighted by Crippen LogP contribution is 2.07. The summed E-state index contributed by atoms with van der Waals surface area (Å²) in [5.41, 5.74) is 0. The van der Waals surface area contributed by atoms with Gasteiger partial charge >= 0.3 is 5.97 Å². The van der Waals surface area contributed by atoms with Gasteiger partial charge in [-0.1, -0.05) is 39.0 Å². The number of aliphatic hydroxyl groups is 1. The number of ether oxygens (including phenoxy) is 1. The van der Waals surface area contributed by atoms with Gasteiger partial charge in [0.15, 0.2) is 0 Å². The Morgan fingerprint density at radius 2 is 1.69 bits per heavy atom. The summed E-state index contributed by atoms with van der Waals surface area (Å²) < 4.78 is 5.07. The van der Waals surface area contributed by atoms with Crippen LogP contribution in [0.3, 0.4) is 0 Å². The van der Waals surface area contributed by atoms with Gasteiger partial charge in [0.25, 0.3) is 0 Å². The lowest BCUT2D eigenvalue weighted by atomic mass is 10.1. The molecule has 0 radical (unpaired) electrons.